The van der Waals surface area contributed by atoms with Gasteiger partial charge >= 0.3 is 0 Å². The molecule has 0 aliphatic rings. The molecule has 0 aliphatic carbocycles. The standard InChI is InChI=1S/C20H20N2O/c1-3-22(4-2)20(23)17-11-9-16(10-12-17)19-18-8-6-5-7-15(18)13-14-21-19/h5-14H,3-4H2,1-2H3. The zero-order chi connectivity index (χ0) is 16.2. The Morgan fingerprint density at radius 1 is 0.957 bits per heavy atom. The number of hydrogen-bond donors (Lipinski definition) is 0. The van der Waals surface area contributed by atoms with Crippen LogP contribution in [0.15, 0.2) is 60.8 Å². The molecule has 0 spiro atoms. The Labute approximate surface area is 136 Å². The molecule has 0 unspecified atom stereocenters. The molecule has 3 aromatic rings. The average molecular weight is 304 g/mol. The van der Waals surface area contributed by atoms with Gasteiger partial charge in [0.1, 0.15) is 0 Å². The van der Waals surface area contributed by atoms with E-state index in [1.807, 2.05) is 67.4 Å². The fourth-order valence-corrected chi connectivity index (χ4v) is 2.81. The van der Waals surface area contributed by atoms with Crippen molar-refractivity contribution in [3.05, 3.63) is 66.4 Å². The van der Waals surface area contributed by atoms with Crippen molar-refractivity contribution in [2.75, 3.05) is 13.1 Å². The van der Waals surface area contributed by atoms with Crippen LogP contribution >= 0.6 is 0 Å². The molecule has 3 nitrogen and oxygen atoms in total. The molecular formula is C20H20N2O. The molecule has 2 aromatic carbocycles. The minimum atomic E-state index is 0.0763. The van der Waals surface area contributed by atoms with Crippen molar-refractivity contribution in [2.24, 2.45) is 0 Å². The van der Waals surface area contributed by atoms with E-state index in [4.69, 9.17) is 0 Å². The summed E-state index contributed by atoms with van der Waals surface area (Å²) < 4.78 is 0. The van der Waals surface area contributed by atoms with Gasteiger partial charge in [-0.25, -0.2) is 0 Å². The zero-order valence-corrected chi connectivity index (χ0v) is 13.5. The first kappa shape index (κ1) is 15.2. The van der Waals surface area contributed by atoms with Gasteiger partial charge in [0.05, 0.1) is 5.69 Å². The van der Waals surface area contributed by atoms with Gasteiger partial charge in [0.25, 0.3) is 5.91 Å². The molecular weight excluding hydrogens is 284 g/mol. The van der Waals surface area contributed by atoms with E-state index in [9.17, 15) is 4.79 Å². The molecule has 0 N–H and O–H groups in total. The molecule has 0 bridgehead atoms. The van der Waals surface area contributed by atoms with Crippen LogP contribution in [0.2, 0.25) is 0 Å². The van der Waals surface area contributed by atoms with Crippen molar-refractivity contribution in [3.8, 4) is 11.3 Å². The maximum absolute atomic E-state index is 12.4. The second-order valence-electron chi connectivity index (χ2n) is 5.44. The molecule has 3 heteroatoms. The molecule has 0 fully saturated rings. The Morgan fingerprint density at radius 2 is 1.65 bits per heavy atom. The van der Waals surface area contributed by atoms with Gasteiger partial charge in [-0.05, 0) is 37.4 Å². The van der Waals surface area contributed by atoms with Crippen molar-refractivity contribution in [1.82, 2.24) is 9.88 Å². The smallest absolute Gasteiger partial charge is 0.253 e. The number of fused-ring (bicyclic) bond motifs is 1. The molecule has 0 saturated heterocycles. The number of aromatic nitrogens is 1. The molecule has 0 atom stereocenters. The zero-order valence-electron chi connectivity index (χ0n) is 13.5. The predicted octanol–water partition coefficient (Wildman–Crippen LogP) is 4.38. The van der Waals surface area contributed by atoms with Crippen molar-refractivity contribution in [3.63, 3.8) is 0 Å². The number of amides is 1. The maximum Gasteiger partial charge on any atom is 0.253 e. The summed E-state index contributed by atoms with van der Waals surface area (Å²) in [7, 11) is 0. The van der Waals surface area contributed by atoms with Crippen molar-refractivity contribution >= 4 is 16.7 Å². The molecule has 116 valence electrons. The van der Waals surface area contributed by atoms with Crippen LogP contribution in [-0.4, -0.2) is 28.9 Å². The lowest BCUT2D eigenvalue weighted by Gasteiger charge is -2.18. The van der Waals surface area contributed by atoms with E-state index in [1.54, 1.807) is 0 Å². The third kappa shape index (κ3) is 2.95. The third-order valence-corrected chi connectivity index (χ3v) is 4.13. The van der Waals surface area contributed by atoms with Gasteiger partial charge < -0.3 is 4.90 Å². The van der Waals surface area contributed by atoms with E-state index in [1.165, 1.54) is 5.39 Å². The quantitative estimate of drug-likeness (QED) is 0.716. The first-order valence-electron chi connectivity index (χ1n) is 7.98. The average Bonchev–Trinajstić information content (AvgIpc) is 2.62. The summed E-state index contributed by atoms with van der Waals surface area (Å²) in [6, 6.07) is 17.9. The molecule has 0 radical (unpaired) electrons. The summed E-state index contributed by atoms with van der Waals surface area (Å²) in [5.41, 5.74) is 2.69. The normalized spacial score (nSPS) is 10.7. The molecule has 1 aromatic heterocycles. The number of nitrogens with zero attached hydrogens (tertiary/aromatic N) is 2. The van der Waals surface area contributed by atoms with E-state index in [0.717, 1.165) is 35.3 Å². The first-order valence-corrected chi connectivity index (χ1v) is 7.98. The number of benzene rings is 2. The van der Waals surface area contributed by atoms with E-state index in [2.05, 4.69) is 17.1 Å². The second kappa shape index (κ2) is 6.61. The summed E-state index contributed by atoms with van der Waals surface area (Å²) in [5.74, 6) is 0.0763. The van der Waals surface area contributed by atoms with Crippen molar-refractivity contribution < 1.29 is 4.79 Å². The van der Waals surface area contributed by atoms with Crippen LogP contribution in [0.3, 0.4) is 0 Å². The molecule has 0 saturated carbocycles. The van der Waals surface area contributed by atoms with Gasteiger partial charge in [0.15, 0.2) is 0 Å². The van der Waals surface area contributed by atoms with Crippen LogP contribution in [0, 0.1) is 0 Å². The number of hydrogen-bond acceptors (Lipinski definition) is 2. The molecule has 0 aliphatic heterocycles. The Morgan fingerprint density at radius 3 is 2.35 bits per heavy atom. The highest BCUT2D eigenvalue weighted by Crippen LogP contribution is 2.26. The van der Waals surface area contributed by atoms with Crippen molar-refractivity contribution in [1.29, 1.82) is 0 Å². The first-order chi connectivity index (χ1) is 11.2. The van der Waals surface area contributed by atoms with Gasteiger partial charge in [-0.1, -0.05) is 36.4 Å². The number of rotatable bonds is 4. The summed E-state index contributed by atoms with van der Waals surface area (Å²) in [6.07, 6.45) is 1.83. The van der Waals surface area contributed by atoms with Gasteiger partial charge in [-0.3, -0.25) is 9.78 Å². The van der Waals surface area contributed by atoms with Gasteiger partial charge in [0, 0.05) is 35.8 Å². The Balaban J connectivity index is 1.97. The third-order valence-electron chi connectivity index (χ3n) is 4.13. The second-order valence-corrected chi connectivity index (χ2v) is 5.44. The molecule has 3 rings (SSSR count). The lowest BCUT2D eigenvalue weighted by Crippen LogP contribution is -2.30. The summed E-state index contributed by atoms with van der Waals surface area (Å²) in [6.45, 7) is 5.44. The largest absolute Gasteiger partial charge is 0.339 e. The van der Waals surface area contributed by atoms with Gasteiger partial charge in [-0.15, -0.1) is 0 Å². The molecule has 1 amide bonds. The summed E-state index contributed by atoms with van der Waals surface area (Å²) in [5, 5.41) is 2.29. The molecule has 1 heterocycles. The molecule has 23 heavy (non-hydrogen) atoms. The predicted molar refractivity (Wildman–Crippen MR) is 94.4 cm³/mol. The number of pyridine rings is 1. The van der Waals surface area contributed by atoms with E-state index >= 15 is 0 Å². The van der Waals surface area contributed by atoms with Crippen molar-refractivity contribution in [2.45, 2.75) is 13.8 Å². The monoisotopic (exact) mass is 304 g/mol. The SMILES string of the molecule is CCN(CC)C(=O)c1ccc(-c2nccc3ccccc23)cc1. The maximum atomic E-state index is 12.4. The highest BCUT2D eigenvalue weighted by atomic mass is 16.2. The van der Waals surface area contributed by atoms with Gasteiger partial charge in [0.2, 0.25) is 0 Å². The number of carbonyl (C=O) groups excluding carboxylic acids is 1. The summed E-state index contributed by atoms with van der Waals surface area (Å²) >= 11 is 0. The number of carbonyl (C=O) groups is 1. The van der Waals surface area contributed by atoms with Crippen LogP contribution in [0.4, 0.5) is 0 Å². The minimum Gasteiger partial charge on any atom is -0.339 e. The van der Waals surface area contributed by atoms with Crippen LogP contribution in [0.1, 0.15) is 24.2 Å². The summed E-state index contributed by atoms with van der Waals surface area (Å²) in [4.78, 5) is 18.7. The minimum absolute atomic E-state index is 0.0763. The fourth-order valence-electron chi connectivity index (χ4n) is 2.81. The topological polar surface area (TPSA) is 33.2 Å². The lowest BCUT2D eigenvalue weighted by molar-refractivity contribution is 0.0773. The van der Waals surface area contributed by atoms with E-state index in [-0.39, 0.29) is 5.91 Å². The Kier molecular flexibility index (Phi) is 4.38. The van der Waals surface area contributed by atoms with Crippen LogP contribution in [0.5, 0.6) is 0 Å². The lowest BCUT2D eigenvalue weighted by atomic mass is 10.0. The highest BCUT2D eigenvalue weighted by Gasteiger charge is 2.12. The Bertz CT molecular complexity index is 815. The highest BCUT2D eigenvalue weighted by molar-refractivity contribution is 5.97. The van der Waals surface area contributed by atoms with Gasteiger partial charge in [-0.2, -0.15) is 0 Å². The van der Waals surface area contributed by atoms with Crippen LogP contribution in [-0.2, 0) is 0 Å². The van der Waals surface area contributed by atoms with E-state index < -0.39 is 0 Å². The van der Waals surface area contributed by atoms with Crippen LogP contribution in [0.25, 0.3) is 22.0 Å². The fraction of sp³-hybridized carbons (Fsp3) is 0.200. The Hall–Kier alpha value is -2.68. The van der Waals surface area contributed by atoms with E-state index in [0.29, 0.717) is 0 Å². The van der Waals surface area contributed by atoms with Crippen LogP contribution < -0.4 is 0 Å².